The molecule has 0 heterocycles. The highest BCUT2D eigenvalue weighted by atomic mass is 79.9. The normalized spacial score (nSPS) is 49.1. The van der Waals surface area contributed by atoms with E-state index in [-0.39, 0.29) is 45.2 Å². The first-order valence-electron chi connectivity index (χ1n) is 14.1. The molecule has 5 heteroatoms. The van der Waals surface area contributed by atoms with Crippen molar-refractivity contribution in [3.63, 3.8) is 0 Å². The lowest BCUT2D eigenvalue weighted by atomic mass is 9.34. The number of fused-ring (bicyclic) bond motifs is 7. The summed E-state index contributed by atoms with van der Waals surface area (Å²) in [5, 5.41) is 20.1. The Morgan fingerprint density at radius 1 is 1.00 bits per heavy atom. The largest absolute Gasteiger partial charge is 0.481 e. The average Bonchev–Trinajstić information content (AvgIpc) is 2.76. The van der Waals surface area contributed by atoms with Crippen molar-refractivity contribution >= 4 is 27.7 Å². The number of aliphatic carboxylic acids is 1. The van der Waals surface area contributed by atoms with Gasteiger partial charge in [-0.1, -0.05) is 70.0 Å². The third-order valence-corrected chi connectivity index (χ3v) is 13.5. The van der Waals surface area contributed by atoms with Crippen LogP contribution in [0.4, 0.5) is 0 Å². The van der Waals surface area contributed by atoms with Gasteiger partial charge in [-0.2, -0.15) is 5.26 Å². The van der Waals surface area contributed by atoms with E-state index >= 15 is 0 Å². The van der Waals surface area contributed by atoms with Crippen LogP contribution < -0.4 is 0 Å². The number of halogens is 1. The highest BCUT2D eigenvalue weighted by molar-refractivity contribution is 9.11. The van der Waals surface area contributed by atoms with Gasteiger partial charge in [-0.15, -0.1) is 0 Å². The van der Waals surface area contributed by atoms with Gasteiger partial charge >= 0.3 is 5.97 Å². The molecule has 0 spiro atoms. The van der Waals surface area contributed by atoms with Gasteiger partial charge in [0.15, 0.2) is 5.78 Å². The summed E-state index contributed by atoms with van der Waals surface area (Å²) in [6.07, 6.45) is 7.56. The Labute approximate surface area is 225 Å². The Morgan fingerprint density at radius 2 is 1.67 bits per heavy atom. The van der Waals surface area contributed by atoms with Gasteiger partial charge in [0.1, 0.15) is 5.92 Å². The molecule has 0 saturated heterocycles. The predicted molar refractivity (Wildman–Crippen MR) is 144 cm³/mol. The fourth-order valence-electron chi connectivity index (χ4n) is 11.0. The molecule has 0 aromatic heterocycles. The molecular formula is C31H44BrNO3. The van der Waals surface area contributed by atoms with Crippen LogP contribution in [-0.2, 0) is 9.59 Å². The van der Waals surface area contributed by atoms with E-state index in [1.165, 1.54) is 10.1 Å². The smallest absolute Gasteiger partial charge is 0.306 e. The second kappa shape index (κ2) is 7.93. The number of carboxylic acid groups (broad SMARTS) is 1. The minimum atomic E-state index is -0.623. The molecule has 5 aliphatic rings. The van der Waals surface area contributed by atoms with E-state index in [1.54, 1.807) is 0 Å². The Balaban J connectivity index is 1.63. The zero-order chi connectivity index (χ0) is 26.6. The van der Waals surface area contributed by atoms with Crippen molar-refractivity contribution in [1.82, 2.24) is 0 Å². The van der Waals surface area contributed by atoms with E-state index < -0.39 is 17.3 Å². The maximum Gasteiger partial charge on any atom is 0.306 e. The molecule has 4 saturated carbocycles. The summed E-state index contributed by atoms with van der Waals surface area (Å²) in [4.78, 5) is 25.7. The van der Waals surface area contributed by atoms with Crippen LogP contribution in [-0.4, -0.2) is 16.9 Å². The van der Waals surface area contributed by atoms with Crippen molar-refractivity contribution in [3.05, 3.63) is 10.1 Å². The fourth-order valence-corrected chi connectivity index (χ4v) is 12.0. The number of hydrogen-bond acceptors (Lipinski definition) is 3. The van der Waals surface area contributed by atoms with E-state index in [9.17, 15) is 20.0 Å². The van der Waals surface area contributed by atoms with Crippen LogP contribution in [0.1, 0.15) is 99.8 Å². The minimum Gasteiger partial charge on any atom is -0.481 e. The molecule has 1 N–H and O–H groups in total. The molecule has 5 rings (SSSR count). The van der Waals surface area contributed by atoms with Crippen molar-refractivity contribution < 1.29 is 14.7 Å². The zero-order valence-corrected chi connectivity index (χ0v) is 24.8. The predicted octanol–water partition coefficient (Wildman–Crippen LogP) is 7.77. The SMILES string of the molecule is CC1(C)CC2C3=C(Br)CC4C5(C)CC(C#N)C(=O)C(C)(C)C5CCC4(C)C3(C)CCC2[C@H](C(=O)O)C1. The van der Waals surface area contributed by atoms with Crippen LogP contribution in [0.3, 0.4) is 0 Å². The average molecular weight is 559 g/mol. The number of nitriles is 1. The molecule has 36 heavy (non-hydrogen) atoms. The summed E-state index contributed by atoms with van der Waals surface area (Å²) < 4.78 is 1.30. The van der Waals surface area contributed by atoms with Crippen molar-refractivity contribution in [1.29, 1.82) is 5.26 Å². The lowest BCUT2D eigenvalue weighted by Gasteiger charge is -2.70. The molecule has 9 atom stereocenters. The third kappa shape index (κ3) is 3.28. The van der Waals surface area contributed by atoms with Gasteiger partial charge in [-0.25, -0.2) is 0 Å². The molecule has 5 aliphatic carbocycles. The summed E-state index contributed by atoms with van der Waals surface area (Å²) in [7, 11) is 0. The number of carbonyl (C=O) groups is 2. The monoisotopic (exact) mass is 557 g/mol. The van der Waals surface area contributed by atoms with Crippen LogP contribution in [0.5, 0.6) is 0 Å². The number of nitrogens with zero attached hydrogens (tertiary/aromatic N) is 1. The maximum atomic E-state index is 13.3. The van der Waals surface area contributed by atoms with Crippen LogP contribution >= 0.6 is 15.9 Å². The summed E-state index contributed by atoms with van der Waals surface area (Å²) in [5.74, 6) is -0.0793. The zero-order valence-electron chi connectivity index (χ0n) is 23.2. The highest BCUT2D eigenvalue weighted by Gasteiger charge is 2.69. The number of ketones is 1. The molecule has 0 aromatic carbocycles. The molecule has 198 valence electrons. The summed E-state index contributed by atoms with van der Waals surface area (Å²) in [6.45, 7) is 16.1. The molecule has 4 fully saturated rings. The minimum absolute atomic E-state index is 0.00584. The highest BCUT2D eigenvalue weighted by Crippen LogP contribution is 2.76. The van der Waals surface area contributed by atoms with Crippen molar-refractivity contribution in [2.75, 3.05) is 0 Å². The Bertz CT molecular complexity index is 1080. The number of Topliss-reactive ketones (excluding diaryl/α,β-unsaturated/α-hetero) is 1. The van der Waals surface area contributed by atoms with Gasteiger partial charge in [0.25, 0.3) is 0 Å². The second-order valence-corrected chi connectivity index (χ2v) is 16.2. The van der Waals surface area contributed by atoms with Crippen molar-refractivity contribution in [2.24, 2.45) is 62.6 Å². The topological polar surface area (TPSA) is 78.2 Å². The summed E-state index contributed by atoms with van der Waals surface area (Å²) in [5.41, 5.74) is 1.02. The number of carbonyl (C=O) groups excluding carboxylic acids is 1. The van der Waals surface area contributed by atoms with E-state index in [0.717, 1.165) is 44.9 Å². The van der Waals surface area contributed by atoms with Gasteiger partial charge in [0, 0.05) is 5.41 Å². The van der Waals surface area contributed by atoms with Gasteiger partial charge < -0.3 is 5.11 Å². The third-order valence-electron chi connectivity index (χ3n) is 12.7. The molecular weight excluding hydrogens is 514 g/mol. The molecule has 4 nitrogen and oxygen atoms in total. The van der Waals surface area contributed by atoms with Gasteiger partial charge in [0.2, 0.25) is 0 Å². The Morgan fingerprint density at radius 3 is 2.28 bits per heavy atom. The second-order valence-electron chi connectivity index (χ2n) is 15.2. The van der Waals surface area contributed by atoms with E-state index in [4.69, 9.17) is 0 Å². The summed E-state index contributed by atoms with van der Waals surface area (Å²) in [6, 6.07) is 2.39. The van der Waals surface area contributed by atoms with Crippen molar-refractivity contribution in [2.45, 2.75) is 99.8 Å². The molecule has 8 unspecified atom stereocenters. The van der Waals surface area contributed by atoms with Crippen LogP contribution in [0.15, 0.2) is 10.1 Å². The first-order valence-corrected chi connectivity index (χ1v) is 14.9. The van der Waals surface area contributed by atoms with Crippen molar-refractivity contribution in [3.8, 4) is 6.07 Å². The first-order chi connectivity index (χ1) is 16.5. The Hall–Kier alpha value is -1.15. The number of carboxylic acids is 1. The van der Waals surface area contributed by atoms with E-state index in [2.05, 4.69) is 70.5 Å². The first kappa shape index (κ1) is 26.5. The van der Waals surface area contributed by atoms with Gasteiger partial charge in [-0.05, 0) is 101 Å². The molecule has 0 aromatic rings. The number of allylic oxidation sites excluding steroid dienone is 2. The van der Waals surface area contributed by atoms with E-state index in [1.807, 2.05) is 0 Å². The Kier molecular flexibility index (Phi) is 5.83. The lowest BCUT2D eigenvalue weighted by Crippen LogP contribution is -2.65. The number of hydrogen-bond donors (Lipinski definition) is 1. The standard InChI is InChI=1S/C31H44BrNO3/c1-27(2)14-19-18(20(15-27)26(35)36)8-10-31(7)24(19)21(32)12-23-29(5)13-17(16-33)25(34)28(3,4)22(29)9-11-30(23,31)6/h17-20,22-23H,8-15H2,1-7H3,(H,35,36)/t17?,18?,19?,20-,22?,23?,29?,30?,31?/m1/s1. The maximum absolute atomic E-state index is 13.3. The van der Waals surface area contributed by atoms with Gasteiger partial charge in [0.05, 0.1) is 12.0 Å². The van der Waals surface area contributed by atoms with Crippen LogP contribution in [0.2, 0.25) is 0 Å². The van der Waals surface area contributed by atoms with E-state index in [0.29, 0.717) is 18.3 Å². The quantitative estimate of drug-likeness (QED) is 0.357. The van der Waals surface area contributed by atoms with Gasteiger partial charge in [-0.3, -0.25) is 9.59 Å². The molecule has 0 amide bonds. The fraction of sp³-hybridized carbons (Fsp3) is 0.839. The summed E-state index contributed by atoms with van der Waals surface area (Å²) >= 11 is 4.12. The molecule has 0 aliphatic heterocycles. The number of rotatable bonds is 1. The lowest BCUT2D eigenvalue weighted by molar-refractivity contribution is -0.188. The van der Waals surface area contributed by atoms with Crippen LogP contribution in [0.25, 0.3) is 0 Å². The molecule has 0 bridgehead atoms. The van der Waals surface area contributed by atoms with Crippen LogP contribution in [0, 0.1) is 73.9 Å². The molecule has 0 radical (unpaired) electrons.